The lowest BCUT2D eigenvalue weighted by molar-refractivity contribution is 0.0988. The van der Waals surface area contributed by atoms with Crippen LogP contribution in [0.4, 0.5) is 0 Å². The van der Waals surface area contributed by atoms with Crippen LogP contribution < -0.4 is 4.72 Å². The number of carbonyl (C=O) groups excluding carboxylic acids is 1. The molecule has 0 bridgehead atoms. The average Bonchev–Trinajstić information content (AvgIpc) is 2.98. The van der Waals surface area contributed by atoms with Gasteiger partial charge in [-0.3, -0.25) is 19.9 Å². The Labute approximate surface area is 212 Å². The van der Waals surface area contributed by atoms with E-state index < -0.39 is 20.8 Å². The van der Waals surface area contributed by atoms with E-state index in [1.165, 1.54) is 18.5 Å². The summed E-state index contributed by atoms with van der Waals surface area (Å²) >= 11 is 6.18. The lowest BCUT2D eigenvalue weighted by Gasteiger charge is -2.25. The Morgan fingerprint density at radius 1 is 1.31 bits per heavy atom. The molecule has 1 aliphatic rings. The maximum Gasteiger partial charge on any atom is 0.236 e. The van der Waals surface area contributed by atoms with Gasteiger partial charge in [-0.2, -0.15) is 0 Å². The maximum atomic E-state index is 12.9. The average molecular weight is 516 g/mol. The summed E-state index contributed by atoms with van der Waals surface area (Å²) in [5.41, 5.74) is 0.986. The standard InChI is InChI=1S/C26H30ClN3O4S/c1-5-20(26(3,4)25(28)34-6-2)10-9-17-35(32,33)30-22-15-14-21(27)13-12-19(22)18-24(31)23-11-7-8-16-29-23/h5-16,21,28,30H,2,17-18H2,1,3-4H3/b10-9-,20-5+,28-25?. The van der Waals surface area contributed by atoms with E-state index in [1.54, 1.807) is 75.4 Å². The second-order valence-electron chi connectivity index (χ2n) is 8.19. The Kier molecular flexibility index (Phi) is 9.98. The molecule has 1 aromatic rings. The van der Waals surface area contributed by atoms with Gasteiger partial charge in [-0.1, -0.05) is 49.1 Å². The van der Waals surface area contributed by atoms with Crippen molar-refractivity contribution in [1.82, 2.24) is 9.71 Å². The number of halogens is 1. The third-order valence-corrected chi connectivity index (χ3v) is 6.71. The Hall–Kier alpha value is -3.23. The van der Waals surface area contributed by atoms with Crippen LogP contribution >= 0.6 is 11.6 Å². The SMILES string of the molecule is C=COC(=N)C(C)(C)C(/C=C\CS(=O)(=O)NC1=C(CC(=O)c2ccccn2)C=CC(Cl)C=C1)=C/C. The van der Waals surface area contributed by atoms with Gasteiger partial charge < -0.3 is 4.74 Å². The fourth-order valence-corrected chi connectivity index (χ4v) is 4.35. The third-order valence-electron chi connectivity index (χ3n) is 5.26. The molecule has 35 heavy (non-hydrogen) atoms. The molecule has 9 heteroatoms. The van der Waals surface area contributed by atoms with Gasteiger partial charge in [0.2, 0.25) is 10.0 Å². The monoisotopic (exact) mass is 515 g/mol. The molecule has 2 N–H and O–H groups in total. The van der Waals surface area contributed by atoms with Gasteiger partial charge in [0.25, 0.3) is 0 Å². The zero-order chi connectivity index (χ0) is 26.1. The zero-order valence-electron chi connectivity index (χ0n) is 20.0. The van der Waals surface area contributed by atoms with Crippen molar-refractivity contribution in [2.45, 2.75) is 32.6 Å². The van der Waals surface area contributed by atoms with Gasteiger partial charge in [0, 0.05) is 12.6 Å². The molecule has 0 fully saturated rings. The zero-order valence-corrected chi connectivity index (χ0v) is 21.6. The molecule has 2 rings (SSSR count). The van der Waals surface area contributed by atoms with Gasteiger partial charge >= 0.3 is 0 Å². The number of ether oxygens (including phenoxy) is 1. The molecule has 7 nitrogen and oxygen atoms in total. The van der Waals surface area contributed by atoms with Gasteiger partial charge in [0.1, 0.15) is 5.69 Å². The number of hydrogen-bond acceptors (Lipinski definition) is 6. The first-order valence-corrected chi connectivity index (χ1v) is 13.0. The number of aromatic nitrogens is 1. The van der Waals surface area contributed by atoms with E-state index in [0.717, 1.165) is 0 Å². The van der Waals surface area contributed by atoms with Crippen LogP contribution in [0.15, 0.2) is 96.6 Å². The van der Waals surface area contributed by atoms with E-state index in [9.17, 15) is 13.2 Å². The number of rotatable bonds is 11. The van der Waals surface area contributed by atoms with E-state index in [4.69, 9.17) is 21.7 Å². The first-order valence-electron chi connectivity index (χ1n) is 10.9. The highest BCUT2D eigenvalue weighted by Crippen LogP contribution is 2.29. The van der Waals surface area contributed by atoms with Crippen molar-refractivity contribution >= 4 is 33.3 Å². The molecule has 1 aliphatic carbocycles. The van der Waals surface area contributed by atoms with E-state index in [0.29, 0.717) is 16.8 Å². The third kappa shape index (κ3) is 8.19. The largest absolute Gasteiger partial charge is 0.451 e. The first kappa shape index (κ1) is 28.0. The summed E-state index contributed by atoms with van der Waals surface area (Å²) in [4.78, 5) is 16.7. The number of hydrogen-bond donors (Lipinski definition) is 2. The van der Waals surface area contributed by atoms with Crippen LogP contribution in [0, 0.1) is 10.8 Å². The smallest absolute Gasteiger partial charge is 0.236 e. The molecule has 186 valence electrons. The summed E-state index contributed by atoms with van der Waals surface area (Å²) in [5, 5.41) is 7.63. The highest BCUT2D eigenvalue weighted by Gasteiger charge is 2.28. The molecular formula is C26H30ClN3O4S. The number of nitrogens with zero attached hydrogens (tertiary/aromatic N) is 1. The van der Waals surface area contributed by atoms with E-state index in [1.807, 2.05) is 0 Å². The fourth-order valence-electron chi connectivity index (χ4n) is 3.24. The minimum atomic E-state index is -3.81. The minimum Gasteiger partial charge on any atom is -0.451 e. The summed E-state index contributed by atoms with van der Waals surface area (Å²) in [6, 6.07) is 5.04. The van der Waals surface area contributed by atoms with E-state index in [-0.39, 0.29) is 29.6 Å². The van der Waals surface area contributed by atoms with E-state index in [2.05, 4.69) is 16.3 Å². The minimum absolute atomic E-state index is 0.00962. The molecule has 0 radical (unpaired) electrons. The number of allylic oxidation sites excluding steroid dienone is 7. The molecule has 0 saturated carbocycles. The fraction of sp³-hybridized carbons (Fsp3) is 0.269. The second-order valence-corrected chi connectivity index (χ2v) is 10.5. The van der Waals surface area contributed by atoms with Crippen LogP contribution in [0.25, 0.3) is 0 Å². The molecule has 1 aromatic heterocycles. The Bertz CT molecular complexity index is 1210. The van der Waals surface area contributed by atoms with Crippen LogP contribution in [-0.4, -0.2) is 36.2 Å². The van der Waals surface area contributed by atoms with E-state index >= 15 is 0 Å². The molecule has 0 saturated heterocycles. The number of pyridine rings is 1. The van der Waals surface area contributed by atoms with Crippen molar-refractivity contribution in [3.8, 4) is 0 Å². The Morgan fingerprint density at radius 2 is 2.03 bits per heavy atom. The Morgan fingerprint density at radius 3 is 2.66 bits per heavy atom. The number of sulfonamides is 1. The Balaban J connectivity index is 2.22. The van der Waals surface area contributed by atoms with Crippen molar-refractivity contribution in [1.29, 1.82) is 5.41 Å². The predicted molar refractivity (Wildman–Crippen MR) is 141 cm³/mol. The predicted octanol–water partition coefficient (Wildman–Crippen LogP) is 5.23. The molecule has 1 heterocycles. The summed E-state index contributed by atoms with van der Waals surface area (Å²) < 4.78 is 33.4. The molecule has 0 amide bonds. The topological polar surface area (TPSA) is 109 Å². The molecule has 1 unspecified atom stereocenters. The van der Waals surface area contributed by atoms with Crippen LogP contribution in [0.1, 0.15) is 37.7 Å². The van der Waals surface area contributed by atoms with Crippen LogP contribution in [0.2, 0.25) is 0 Å². The number of carbonyl (C=O) groups is 1. The van der Waals surface area contributed by atoms with Gasteiger partial charge in [0.05, 0.1) is 28.5 Å². The van der Waals surface area contributed by atoms with Gasteiger partial charge in [-0.15, -0.1) is 11.6 Å². The van der Waals surface area contributed by atoms with Gasteiger partial charge in [-0.05, 0) is 50.1 Å². The van der Waals surface area contributed by atoms with Gasteiger partial charge in [0.15, 0.2) is 11.7 Å². The lowest BCUT2D eigenvalue weighted by atomic mass is 9.83. The van der Waals surface area contributed by atoms with Crippen molar-refractivity contribution < 1.29 is 17.9 Å². The molecule has 0 spiro atoms. The number of Topliss-reactive ketones (excluding diaryl/α,β-unsaturated/α-hetero) is 1. The van der Waals surface area contributed by atoms with Crippen LogP contribution in [-0.2, 0) is 14.8 Å². The van der Waals surface area contributed by atoms with Crippen molar-refractivity contribution in [2.75, 3.05) is 5.75 Å². The van der Waals surface area contributed by atoms with Crippen LogP contribution in [0.3, 0.4) is 0 Å². The van der Waals surface area contributed by atoms with Crippen molar-refractivity contribution in [2.24, 2.45) is 5.41 Å². The molecule has 0 aromatic carbocycles. The number of ketones is 1. The first-order chi connectivity index (χ1) is 16.5. The molecule has 1 atom stereocenters. The van der Waals surface area contributed by atoms with Crippen molar-refractivity contribution in [3.63, 3.8) is 0 Å². The normalized spacial score (nSPS) is 16.8. The summed E-state index contributed by atoms with van der Waals surface area (Å²) in [6.07, 6.45) is 14.1. The maximum absolute atomic E-state index is 12.9. The summed E-state index contributed by atoms with van der Waals surface area (Å²) in [7, 11) is -3.81. The summed E-state index contributed by atoms with van der Waals surface area (Å²) in [5.74, 6) is -0.569. The quantitative estimate of drug-likeness (QED) is 0.105. The highest BCUT2D eigenvalue weighted by atomic mass is 35.5. The molecule has 0 aliphatic heterocycles. The lowest BCUT2D eigenvalue weighted by Crippen LogP contribution is -2.27. The second kappa shape index (κ2) is 12.5. The highest BCUT2D eigenvalue weighted by molar-refractivity contribution is 7.89. The van der Waals surface area contributed by atoms with Gasteiger partial charge in [-0.25, -0.2) is 8.42 Å². The van der Waals surface area contributed by atoms with Crippen molar-refractivity contribution in [3.05, 3.63) is 102 Å². The molecular weight excluding hydrogens is 486 g/mol. The number of alkyl halides is 1. The number of nitrogens with one attached hydrogen (secondary N) is 2. The van der Waals surface area contributed by atoms with Crippen LogP contribution in [0.5, 0.6) is 0 Å². The summed E-state index contributed by atoms with van der Waals surface area (Å²) in [6.45, 7) is 8.86.